The first-order valence-electron chi connectivity index (χ1n) is 5.64. The van der Waals surface area contributed by atoms with Gasteiger partial charge in [-0.3, -0.25) is 0 Å². The summed E-state index contributed by atoms with van der Waals surface area (Å²) in [5.74, 6) is 0.869. The molecule has 3 nitrogen and oxygen atoms in total. The van der Waals surface area contributed by atoms with Gasteiger partial charge in [0, 0.05) is 25.5 Å². The van der Waals surface area contributed by atoms with Crippen LogP contribution in [0.25, 0.3) is 0 Å². The van der Waals surface area contributed by atoms with Crippen LogP contribution in [0.1, 0.15) is 5.56 Å². The Hall–Kier alpha value is -1.74. The van der Waals surface area contributed by atoms with Gasteiger partial charge in [-0.15, -0.1) is 0 Å². The Bertz CT molecular complexity index is 513. The van der Waals surface area contributed by atoms with E-state index in [1.54, 1.807) is 13.3 Å². The van der Waals surface area contributed by atoms with Crippen LogP contribution in [-0.2, 0) is 6.54 Å². The molecule has 0 aliphatic rings. The molecule has 0 aliphatic carbocycles. The molecule has 1 heterocycles. The molecule has 0 amide bonds. The van der Waals surface area contributed by atoms with Gasteiger partial charge >= 0.3 is 0 Å². The van der Waals surface area contributed by atoms with Gasteiger partial charge in [0.05, 0.1) is 7.11 Å². The van der Waals surface area contributed by atoms with Crippen molar-refractivity contribution >= 4 is 17.3 Å². The second-order valence-electron chi connectivity index (χ2n) is 4.04. The SMILES string of the molecule is COc1ccc(CN(C)c2ccnc(Cl)c2)cc1. The minimum absolute atomic E-state index is 0.508. The predicted molar refractivity (Wildman–Crippen MR) is 74.3 cm³/mol. The molecule has 0 bridgehead atoms. The fourth-order valence-corrected chi connectivity index (χ4v) is 1.89. The molecule has 18 heavy (non-hydrogen) atoms. The first-order valence-corrected chi connectivity index (χ1v) is 6.02. The van der Waals surface area contributed by atoms with Gasteiger partial charge in [0.1, 0.15) is 10.9 Å². The molecule has 2 aromatic rings. The number of halogens is 1. The normalized spacial score (nSPS) is 10.2. The van der Waals surface area contributed by atoms with Crippen molar-refractivity contribution in [2.45, 2.75) is 6.54 Å². The molecular weight excluding hydrogens is 248 g/mol. The summed E-state index contributed by atoms with van der Waals surface area (Å²) in [6.45, 7) is 0.810. The third-order valence-corrected chi connectivity index (χ3v) is 2.94. The summed E-state index contributed by atoms with van der Waals surface area (Å²) < 4.78 is 5.14. The highest BCUT2D eigenvalue weighted by atomic mass is 35.5. The summed E-state index contributed by atoms with van der Waals surface area (Å²) in [6.07, 6.45) is 1.71. The number of methoxy groups -OCH3 is 1. The molecule has 0 atom stereocenters. The topological polar surface area (TPSA) is 25.4 Å². The lowest BCUT2D eigenvalue weighted by Gasteiger charge is -2.19. The molecule has 0 spiro atoms. The molecule has 0 aliphatic heterocycles. The highest BCUT2D eigenvalue weighted by Crippen LogP contribution is 2.19. The Balaban J connectivity index is 2.08. The molecule has 0 fully saturated rings. The van der Waals surface area contributed by atoms with E-state index in [2.05, 4.69) is 22.0 Å². The molecule has 1 aromatic heterocycles. The van der Waals surface area contributed by atoms with Gasteiger partial charge < -0.3 is 9.64 Å². The Kier molecular flexibility index (Phi) is 4.05. The predicted octanol–water partition coefficient (Wildman–Crippen LogP) is 3.38. The zero-order valence-corrected chi connectivity index (χ0v) is 11.2. The van der Waals surface area contributed by atoms with Gasteiger partial charge in [0.2, 0.25) is 0 Å². The van der Waals surface area contributed by atoms with E-state index in [0.717, 1.165) is 18.0 Å². The highest BCUT2D eigenvalue weighted by molar-refractivity contribution is 6.29. The molecule has 94 valence electrons. The van der Waals surface area contributed by atoms with E-state index >= 15 is 0 Å². The quantitative estimate of drug-likeness (QED) is 0.790. The molecule has 4 heteroatoms. The minimum atomic E-state index is 0.508. The fourth-order valence-electron chi connectivity index (χ4n) is 1.73. The number of rotatable bonds is 4. The van der Waals surface area contributed by atoms with Crippen LogP contribution >= 0.6 is 11.6 Å². The van der Waals surface area contributed by atoms with Crippen molar-refractivity contribution in [3.05, 3.63) is 53.3 Å². The van der Waals surface area contributed by atoms with Crippen molar-refractivity contribution in [2.75, 3.05) is 19.1 Å². The average Bonchev–Trinajstić information content (AvgIpc) is 2.39. The van der Waals surface area contributed by atoms with Crippen molar-refractivity contribution in [3.63, 3.8) is 0 Å². The Labute approximate surface area is 112 Å². The highest BCUT2D eigenvalue weighted by Gasteiger charge is 2.03. The minimum Gasteiger partial charge on any atom is -0.497 e. The number of hydrogen-bond donors (Lipinski definition) is 0. The van der Waals surface area contributed by atoms with Crippen LogP contribution in [0.15, 0.2) is 42.6 Å². The van der Waals surface area contributed by atoms with E-state index in [9.17, 15) is 0 Å². The zero-order chi connectivity index (χ0) is 13.0. The van der Waals surface area contributed by atoms with Crippen molar-refractivity contribution in [2.24, 2.45) is 0 Å². The molecule has 0 unspecified atom stereocenters. The van der Waals surface area contributed by atoms with Gasteiger partial charge in [-0.1, -0.05) is 23.7 Å². The maximum atomic E-state index is 5.88. The van der Waals surface area contributed by atoms with Crippen molar-refractivity contribution in [3.8, 4) is 5.75 Å². The zero-order valence-electron chi connectivity index (χ0n) is 10.4. The van der Waals surface area contributed by atoms with Crippen molar-refractivity contribution < 1.29 is 4.74 Å². The lowest BCUT2D eigenvalue weighted by atomic mass is 10.2. The summed E-state index contributed by atoms with van der Waals surface area (Å²) >= 11 is 5.88. The largest absolute Gasteiger partial charge is 0.497 e. The van der Waals surface area contributed by atoms with Crippen LogP contribution in [0.3, 0.4) is 0 Å². The van der Waals surface area contributed by atoms with E-state index in [4.69, 9.17) is 16.3 Å². The lowest BCUT2D eigenvalue weighted by Crippen LogP contribution is -2.16. The maximum Gasteiger partial charge on any atom is 0.131 e. The van der Waals surface area contributed by atoms with Crippen LogP contribution in [0.4, 0.5) is 5.69 Å². The smallest absolute Gasteiger partial charge is 0.131 e. The van der Waals surface area contributed by atoms with Gasteiger partial charge in [0.15, 0.2) is 0 Å². The summed E-state index contributed by atoms with van der Waals surface area (Å²) in [6, 6.07) is 11.8. The van der Waals surface area contributed by atoms with E-state index in [-0.39, 0.29) is 0 Å². The molecule has 0 N–H and O–H groups in total. The second-order valence-corrected chi connectivity index (χ2v) is 4.43. The van der Waals surface area contributed by atoms with Gasteiger partial charge in [-0.05, 0) is 29.8 Å². The van der Waals surface area contributed by atoms with Gasteiger partial charge in [0.25, 0.3) is 0 Å². The molecule has 2 rings (SSSR count). The van der Waals surface area contributed by atoms with Crippen LogP contribution < -0.4 is 9.64 Å². The first kappa shape index (κ1) is 12.7. The second kappa shape index (κ2) is 5.74. The summed E-state index contributed by atoms with van der Waals surface area (Å²) in [7, 11) is 3.69. The Morgan fingerprint density at radius 3 is 2.56 bits per heavy atom. The monoisotopic (exact) mass is 262 g/mol. The molecule has 0 saturated carbocycles. The Morgan fingerprint density at radius 1 is 1.22 bits per heavy atom. The van der Waals surface area contributed by atoms with Gasteiger partial charge in [-0.2, -0.15) is 0 Å². The number of benzene rings is 1. The van der Waals surface area contributed by atoms with E-state index in [1.807, 2.05) is 31.3 Å². The van der Waals surface area contributed by atoms with Gasteiger partial charge in [-0.25, -0.2) is 4.98 Å². The summed E-state index contributed by atoms with van der Waals surface area (Å²) in [4.78, 5) is 6.09. The number of aromatic nitrogens is 1. The average molecular weight is 263 g/mol. The molecule has 0 radical (unpaired) electrons. The third-order valence-electron chi connectivity index (χ3n) is 2.73. The maximum absolute atomic E-state index is 5.88. The lowest BCUT2D eigenvalue weighted by molar-refractivity contribution is 0.414. The van der Waals surface area contributed by atoms with Crippen LogP contribution in [0.2, 0.25) is 5.15 Å². The van der Waals surface area contributed by atoms with Crippen LogP contribution in [0, 0.1) is 0 Å². The molecular formula is C14H15ClN2O. The van der Waals surface area contributed by atoms with Crippen LogP contribution in [0.5, 0.6) is 5.75 Å². The molecule has 1 aromatic carbocycles. The fraction of sp³-hybridized carbons (Fsp3) is 0.214. The number of pyridine rings is 1. The number of hydrogen-bond acceptors (Lipinski definition) is 3. The first-order chi connectivity index (χ1) is 8.69. The number of anilines is 1. The van der Waals surface area contributed by atoms with Crippen molar-refractivity contribution in [1.82, 2.24) is 4.98 Å². The van der Waals surface area contributed by atoms with E-state index in [0.29, 0.717) is 5.15 Å². The molecule has 0 saturated heterocycles. The van der Waals surface area contributed by atoms with Crippen LogP contribution in [-0.4, -0.2) is 19.1 Å². The Morgan fingerprint density at radius 2 is 1.94 bits per heavy atom. The van der Waals surface area contributed by atoms with Crippen molar-refractivity contribution in [1.29, 1.82) is 0 Å². The summed E-state index contributed by atoms with van der Waals surface area (Å²) in [5.41, 5.74) is 2.26. The third kappa shape index (κ3) is 3.14. The standard InChI is InChI=1S/C14H15ClN2O/c1-17(12-7-8-16-14(15)9-12)10-11-3-5-13(18-2)6-4-11/h3-9H,10H2,1-2H3. The van der Waals surface area contributed by atoms with E-state index < -0.39 is 0 Å². The number of nitrogens with zero attached hydrogens (tertiary/aromatic N) is 2. The number of ether oxygens (including phenoxy) is 1. The van der Waals surface area contributed by atoms with E-state index in [1.165, 1.54) is 5.56 Å². The summed E-state index contributed by atoms with van der Waals surface area (Å²) in [5, 5.41) is 0.508.